The molecule has 5 nitrogen and oxygen atoms in total. The smallest absolute Gasteiger partial charge is 0.197 e. The Bertz CT molecular complexity index is 467. The average Bonchev–Trinajstić information content (AvgIpc) is 2.69. The van der Waals surface area contributed by atoms with E-state index in [-0.39, 0.29) is 12.1 Å². The van der Waals surface area contributed by atoms with E-state index in [2.05, 4.69) is 32.9 Å². The van der Waals surface area contributed by atoms with E-state index in [9.17, 15) is 4.21 Å². The third kappa shape index (κ3) is 2.58. The lowest BCUT2D eigenvalue weighted by molar-refractivity contribution is 0.0870. The van der Waals surface area contributed by atoms with Crippen LogP contribution in [-0.4, -0.2) is 49.1 Å². The van der Waals surface area contributed by atoms with E-state index in [1.54, 1.807) is 0 Å². The van der Waals surface area contributed by atoms with Gasteiger partial charge in [-0.15, -0.1) is 0 Å². The summed E-state index contributed by atoms with van der Waals surface area (Å²) in [5, 5.41) is 3.39. The van der Waals surface area contributed by atoms with Gasteiger partial charge >= 0.3 is 0 Å². The highest BCUT2D eigenvalue weighted by Crippen LogP contribution is 2.41. The monoisotopic (exact) mass is 415 g/mol. The Morgan fingerprint density at radius 3 is 2.95 bits per heavy atom. The minimum atomic E-state index is -0.958. The second kappa shape index (κ2) is 5.57. The van der Waals surface area contributed by atoms with Crippen LogP contribution in [-0.2, 0) is 15.5 Å². The fourth-order valence-electron chi connectivity index (χ4n) is 2.59. The van der Waals surface area contributed by atoms with Crippen LogP contribution in [0.15, 0.2) is 9.98 Å². The van der Waals surface area contributed by atoms with Crippen molar-refractivity contribution in [3.63, 3.8) is 0 Å². The molecule has 0 aromatic rings. The van der Waals surface area contributed by atoms with Gasteiger partial charge in [0.15, 0.2) is 8.05 Å². The molecule has 0 aromatic carbocycles. The Morgan fingerprint density at radius 2 is 2.21 bits per heavy atom. The maximum atomic E-state index is 12.3. The van der Waals surface area contributed by atoms with Crippen molar-refractivity contribution < 1.29 is 8.95 Å². The van der Waals surface area contributed by atoms with Crippen LogP contribution in [0.3, 0.4) is 0 Å². The number of halogens is 2. The first-order valence-corrected chi connectivity index (χ1v) is 9.12. The van der Waals surface area contributed by atoms with Crippen LogP contribution in [0.2, 0.25) is 0 Å². The van der Waals surface area contributed by atoms with Gasteiger partial charge in [0.1, 0.15) is 5.84 Å². The van der Waals surface area contributed by atoms with Gasteiger partial charge in [0, 0.05) is 29.8 Å². The van der Waals surface area contributed by atoms with Gasteiger partial charge in [-0.2, -0.15) is 0 Å². The summed E-state index contributed by atoms with van der Waals surface area (Å²) in [4.78, 5) is 9.14. The lowest BCUT2D eigenvalue weighted by Crippen LogP contribution is -2.54. The van der Waals surface area contributed by atoms with Crippen molar-refractivity contribution in [2.45, 2.75) is 34.1 Å². The van der Waals surface area contributed by atoms with E-state index in [1.165, 1.54) is 0 Å². The van der Waals surface area contributed by atoms with Gasteiger partial charge in [0.05, 0.1) is 12.1 Å². The summed E-state index contributed by atoms with van der Waals surface area (Å²) in [5.74, 6) is 1.40. The van der Waals surface area contributed by atoms with Gasteiger partial charge in [-0.1, -0.05) is 22.6 Å². The average molecular weight is 416 g/mol. The second-order valence-electron chi connectivity index (χ2n) is 4.87. The number of hydrogen-bond acceptors (Lipinski definition) is 4. The van der Waals surface area contributed by atoms with Crippen molar-refractivity contribution in [3.8, 4) is 0 Å². The van der Waals surface area contributed by atoms with E-state index in [0.29, 0.717) is 11.0 Å². The summed E-state index contributed by atoms with van der Waals surface area (Å²) in [6.45, 7) is 1.48. The van der Waals surface area contributed by atoms with E-state index < -0.39 is 13.6 Å². The lowest BCUT2D eigenvalue weighted by atomic mass is 10.1. The molecule has 0 saturated carbocycles. The Labute approximate surface area is 133 Å². The van der Waals surface area contributed by atoms with Crippen molar-refractivity contribution in [2.24, 2.45) is 9.98 Å². The quantitative estimate of drug-likeness (QED) is 0.400. The Balaban J connectivity index is 1.92. The number of aliphatic imine (C=N–C) groups is 2. The highest BCUT2D eigenvalue weighted by atomic mass is 127. The molecule has 19 heavy (non-hydrogen) atoms. The predicted molar refractivity (Wildman–Crippen MR) is 85.9 cm³/mol. The first-order chi connectivity index (χ1) is 9.10. The number of rotatable bonds is 1. The lowest BCUT2D eigenvalue weighted by Gasteiger charge is -2.33. The minimum Gasteiger partial charge on any atom is -0.381 e. The molecular weight excluding hydrogens is 401 g/mol. The maximum Gasteiger partial charge on any atom is 0.197 e. The molecule has 106 valence electrons. The number of hydrogen-bond donors (Lipinski definition) is 1. The largest absolute Gasteiger partial charge is 0.381 e. The summed E-state index contributed by atoms with van der Waals surface area (Å²) in [6.07, 6.45) is 2.62. The number of nitrogens with one attached hydrogen (secondary N) is 1. The summed E-state index contributed by atoms with van der Waals surface area (Å²) in [6, 6.07) is 0.199. The number of amidine groups is 2. The normalized spacial score (nSPS) is 41.8. The van der Waals surface area contributed by atoms with E-state index in [4.69, 9.17) is 21.3 Å². The molecule has 0 aliphatic carbocycles. The summed E-state index contributed by atoms with van der Waals surface area (Å²) in [5.41, 5.74) is 0. The van der Waals surface area contributed by atoms with Gasteiger partial charge in [0.25, 0.3) is 0 Å². The zero-order valence-corrected chi connectivity index (χ0v) is 14.0. The van der Waals surface area contributed by atoms with E-state index in [0.717, 1.165) is 38.3 Å². The third-order valence-corrected chi connectivity index (χ3v) is 8.28. The van der Waals surface area contributed by atoms with Gasteiger partial charge < -0.3 is 10.1 Å². The van der Waals surface area contributed by atoms with Crippen molar-refractivity contribution in [1.29, 1.82) is 0 Å². The molecule has 3 heterocycles. The molecule has 3 aliphatic rings. The van der Waals surface area contributed by atoms with Crippen LogP contribution in [0.25, 0.3) is 0 Å². The highest BCUT2D eigenvalue weighted by molar-refractivity contribution is 14.1. The van der Waals surface area contributed by atoms with Crippen LogP contribution in [0.1, 0.15) is 19.3 Å². The van der Waals surface area contributed by atoms with Crippen LogP contribution in [0.5, 0.6) is 0 Å². The molecule has 2 saturated heterocycles. The number of nitrogens with zero attached hydrogens (tertiary/aromatic N) is 2. The molecule has 1 N–H and O–H groups in total. The molecule has 0 aromatic heterocycles. The zero-order valence-electron chi connectivity index (χ0n) is 10.3. The molecule has 0 spiro atoms. The molecule has 3 rings (SSSR count). The standard InChI is InChI=1S/C11H15ClIN3O2S/c12-10-15-8-3-6-19(17)11(8,13)9(16-10)14-7-1-4-18-5-2-7/h7-8H,1-6H2,(H,14,15,16)/t8?,11-,19?/m0/s1. The molecule has 3 atom stereocenters. The third-order valence-electron chi connectivity index (χ3n) is 3.65. The van der Waals surface area contributed by atoms with Crippen molar-refractivity contribution in [2.75, 3.05) is 19.0 Å². The maximum absolute atomic E-state index is 12.3. The molecule has 0 bridgehead atoms. The van der Waals surface area contributed by atoms with E-state index >= 15 is 0 Å². The van der Waals surface area contributed by atoms with Crippen LogP contribution < -0.4 is 5.32 Å². The Morgan fingerprint density at radius 1 is 1.47 bits per heavy atom. The molecule has 8 heteroatoms. The fraction of sp³-hybridized carbons (Fsp3) is 0.818. The Hall–Kier alpha value is 0.270. The number of ether oxygens (including phenoxy) is 1. The van der Waals surface area contributed by atoms with Crippen molar-refractivity contribution >= 4 is 56.1 Å². The van der Waals surface area contributed by atoms with Gasteiger partial charge in [-0.05, 0) is 30.9 Å². The van der Waals surface area contributed by atoms with Crippen molar-refractivity contribution in [1.82, 2.24) is 5.32 Å². The highest BCUT2D eigenvalue weighted by Gasteiger charge is 2.54. The molecule has 0 radical (unpaired) electrons. The minimum absolute atomic E-state index is 0.0266. The van der Waals surface area contributed by atoms with Crippen LogP contribution in [0, 0.1) is 0 Å². The molecule has 3 aliphatic heterocycles. The van der Waals surface area contributed by atoms with Crippen LogP contribution in [0.4, 0.5) is 0 Å². The molecular formula is C11H15ClIN3O2S. The van der Waals surface area contributed by atoms with Crippen molar-refractivity contribution in [3.05, 3.63) is 0 Å². The Kier molecular flexibility index (Phi) is 4.17. The summed E-state index contributed by atoms with van der Waals surface area (Å²) < 4.78 is 17.1. The van der Waals surface area contributed by atoms with Crippen LogP contribution >= 0.6 is 34.2 Å². The molecule has 2 fully saturated rings. The van der Waals surface area contributed by atoms with Gasteiger partial charge in [-0.3, -0.25) is 14.2 Å². The first kappa shape index (κ1) is 14.2. The SMILES string of the molecule is O=S1CCC2N=C(Cl)NC(=NC3CCOCC3)[C@]21I. The van der Waals surface area contributed by atoms with Gasteiger partial charge in [-0.25, -0.2) is 0 Å². The molecule has 0 amide bonds. The summed E-state index contributed by atoms with van der Waals surface area (Å²) >= 11 is 8.28. The summed E-state index contributed by atoms with van der Waals surface area (Å²) in [7, 11) is -0.958. The number of alkyl halides is 1. The second-order valence-corrected chi connectivity index (χ2v) is 9.40. The fourth-order valence-corrected chi connectivity index (χ4v) is 5.71. The van der Waals surface area contributed by atoms with E-state index in [1.807, 2.05) is 0 Å². The topological polar surface area (TPSA) is 63.0 Å². The zero-order chi connectivity index (χ0) is 13.5. The first-order valence-electron chi connectivity index (χ1n) is 6.34. The van der Waals surface area contributed by atoms with Gasteiger partial charge in [0.2, 0.25) is 0 Å². The molecule has 2 unspecified atom stereocenters. The number of fused-ring (bicyclic) bond motifs is 1. The predicted octanol–water partition coefficient (Wildman–Crippen LogP) is 1.41.